The van der Waals surface area contributed by atoms with Gasteiger partial charge in [0.15, 0.2) is 5.82 Å². The molecule has 0 saturated carbocycles. The van der Waals surface area contributed by atoms with Crippen LogP contribution in [0.25, 0.3) is 10.9 Å². The van der Waals surface area contributed by atoms with E-state index in [2.05, 4.69) is 28.1 Å². The van der Waals surface area contributed by atoms with Gasteiger partial charge < -0.3 is 4.90 Å². The number of aromatic nitrogens is 3. The van der Waals surface area contributed by atoms with Crippen LogP contribution in [0.2, 0.25) is 0 Å². The van der Waals surface area contributed by atoms with E-state index < -0.39 is 11.6 Å². The van der Waals surface area contributed by atoms with Crippen molar-refractivity contribution in [2.24, 2.45) is 0 Å². The molecular weight excluding hydrogens is 322 g/mol. The Morgan fingerprint density at radius 1 is 1.20 bits per heavy atom. The molecule has 4 nitrogen and oxygen atoms in total. The van der Waals surface area contributed by atoms with Crippen molar-refractivity contribution in [3.8, 4) is 0 Å². The summed E-state index contributed by atoms with van der Waals surface area (Å²) in [6.45, 7) is 4.64. The fraction of sp³-hybridized carbons (Fsp3) is 0.368. The number of pyridine rings is 1. The van der Waals surface area contributed by atoms with Crippen molar-refractivity contribution in [1.29, 1.82) is 0 Å². The summed E-state index contributed by atoms with van der Waals surface area (Å²) in [5, 5.41) is 4.90. The topological polar surface area (TPSA) is 34.0 Å². The molecule has 0 bridgehead atoms. The first kappa shape index (κ1) is 16.0. The van der Waals surface area contributed by atoms with Crippen molar-refractivity contribution >= 4 is 16.6 Å². The smallest absolute Gasteiger partial charge is 0.152 e. The summed E-state index contributed by atoms with van der Waals surface area (Å²) in [5.41, 5.74) is 2.36. The van der Waals surface area contributed by atoms with Gasteiger partial charge in [-0.05, 0) is 43.4 Å². The molecule has 2 aromatic heterocycles. The molecule has 0 unspecified atom stereocenters. The lowest BCUT2D eigenvalue weighted by Crippen LogP contribution is -2.33. The summed E-state index contributed by atoms with van der Waals surface area (Å²) in [5.74, 6) is -0.696. The quantitative estimate of drug-likeness (QED) is 0.718. The Kier molecular flexibility index (Phi) is 4.11. The number of fused-ring (bicyclic) bond motifs is 1. The standard InChI is InChI=1S/C19H20F2N4/c1-2-25-12-14(11-23-25)13-4-7-24(8-5-13)18-3-6-22-19-16(18)9-15(20)10-17(19)21/h3,6,9-13H,2,4-5,7-8H2,1H3. The molecule has 1 aliphatic heterocycles. The van der Waals surface area contributed by atoms with Crippen molar-refractivity contribution in [3.63, 3.8) is 0 Å². The van der Waals surface area contributed by atoms with Crippen molar-refractivity contribution in [2.45, 2.75) is 32.2 Å². The Labute approximate surface area is 145 Å². The fourth-order valence-electron chi connectivity index (χ4n) is 3.66. The Bertz CT molecular complexity index is 898. The number of benzene rings is 1. The molecular formula is C19H20F2N4. The molecule has 1 aliphatic rings. The number of nitrogens with zero attached hydrogens (tertiary/aromatic N) is 4. The normalized spacial score (nSPS) is 15.9. The van der Waals surface area contributed by atoms with Crippen LogP contribution in [0.15, 0.2) is 36.8 Å². The first-order valence-corrected chi connectivity index (χ1v) is 8.66. The highest BCUT2D eigenvalue weighted by Crippen LogP contribution is 2.34. The minimum atomic E-state index is -0.612. The third kappa shape index (κ3) is 2.97. The van der Waals surface area contributed by atoms with Gasteiger partial charge in [-0.3, -0.25) is 9.67 Å². The SMILES string of the molecule is CCn1cc(C2CCN(c3ccnc4c(F)cc(F)cc34)CC2)cn1. The van der Waals surface area contributed by atoms with Crippen LogP contribution in [-0.2, 0) is 6.54 Å². The molecule has 3 aromatic rings. The van der Waals surface area contributed by atoms with Crippen LogP contribution in [0.4, 0.5) is 14.5 Å². The Balaban J connectivity index is 1.57. The summed E-state index contributed by atoms with van der Waals surface area (Å²) in [6, 6.07) is 4.10. The average molecular weight is 342 g/mol. The largest absolute Gasteiger partial charge is 0.371 e. The van der Waals surface area contributed by atoms with E-state index >= 15 is 0 Å². The number of aryl methyl sites for hydroxylation is 1. The molecule has 6 heteroatoms. The summed E-state index contributed by atoms with van der Waals surface area (Å²) in [4.78, 5) is 6.27. The number of hydrogen-bond acceptors (Lipinski definition) is 3. The van der Waals surface area contributed by atoms with Gasteiger partial charge in [0.05, 0.1) is 6.20 Å². The molecule has 0 radical (unpaired) electrons. The second-order valence-electron chi connectivity index (χ2n) is 6.50. The predicted octanol–water partition coefficient (Wildman–Crippen LogP) is 4.11. The maximum Gasteiger partial charge on any atom is 0.152 e. The van der Waals surface area contributed by atoms with Gasteiger partial charge in [0.2, 0.25) is 0 Å². The second-order valence-corrected chi connectivity index (χ2v) is 6.50. The van der Waals surface area contributed by atoms with Gasteiger partial charge in [-0.15, -0.1) is 0 Å². The minimum Gasteiger partial charge on any atom is -0.371 e. The van der Waals surface area contributed by atoms with Crippen molar-refractivity contribution in [3.05, 3.63) is 54.0 Å². The summed E-state index contributed by atoms with van der Waals surface area (Å²) in [7, 11) is 0. The van der Waals surface area contributed by atoms with Crippen LogP contribution in [0.5, 0.6) is 0 Å². The lowest BCUT2D eigenvalue weighted by atomic mass is 9.91. The summed E-state index contributed by atoms with van der Waals surface area (Å²) >= 11 is 0. The zero-order valence-corrected chi connectivity index (χ0v) is 14.1. The summed E-state index contributed by atoms with van der Waals surface area (Å²) in [6.07, 6.45) is 7.66. The maximum atomic E-state index is 14.0. The Morgan fingerprint density at radius 3 is 2.72 bits per heavy atom. The van der Waals surface area contributed by atoms with Gasteiger partial charge in [0.1, 0.15) is 11.3 Å². The molecule has 1 saturated heterocycles. The van der Waals surface area contributed by atoms with Crippen LogP contribution < -0.4 is 4.90 Å². The van der Waals surface area contributed by atoms with E-state index in [1.54, 1.807) is 6.20 Å². The molecule has 1 aromatic carbocycles. The van der Waals surface area contributed by atoms with Gasteiger partial charge in [-0.2, -0.15) is 5.10 Å². The fourth-order valence-corrected chi connectivity index (χ4v) is 3.66. The maximum absolute atomic E-state index is 14.0. The molecule has 1 fully saturated rings. The molecule has 0 spiro atoms. The van der Waals surface area contributed by atoms with E-state index in [4.69, 9.17) is 0 Å². The van der Waals surface area contributed by atoms with Crippen molar-refractivity contribution in [1.82, 2.24) is 14.8 Å². The zero-order chi connectivity index (χ0) is 17.4. The van der Waals surface area contributed by atoms with Crippen LogP contribution in [0.1, 0.15) is 31.2 Å². The van der Waals surface area contributed by atoms with Gasteiger partial charge in [-0.1, -0.05) is 0 Å². The number of piperidine rings is 1. The van der Waals surface area contributed by atoms with Gasteiger partial charge >= 0.3 is 0 Å². The highest BCUT2D eigenvalue weighted by atomic mass is 19.1. The van der Waals surface area contributed by atoms with Crippen LogP contribution in [0.3, 0.4) is 0 Å². The van der Waals surface area contributed by atoms with E-state index in [9.17, 15) is 8.78 Å². The van der Waals surface area contributed by atoms with Gasteiger partial charge in [0, 0.05) is 49.2 Å². The van der Waals surface area contributed by atoms with Crippen LogP contribution in [0, 0.1) is 11.6 Å². The molecule has 130 valence electrons. The third-order valence-corrected chi connectivity index (χ3v) is 5.02. The van der Waals surface area contributed by atoms with Crippen molar-refractivity contribution < 1.29 is 8.78 Å². The van der Waals surface area contributed by atoms with E-state index in [0.29, 0.717) is 11.3 Å². The van der Waals surface area contributed by atoms with Crippen LogP contribution >= 0.6 is 0 Å². The predicted molar refractivity (Wildman–Crippen MR) is 93.7 cm³/mol. The lowest BCUT2D eigenvalue weighted by Gasteiger charge is -2.34. The number of anilines is 1. The third-order valence-electron chi connectivity index (χ3n) is 5.02. The van der Waals surface area contributed by atoms with E-state index in [1.807, 2.05) is 16.9 Å². The van der Waals surface area contributed by atoms with Crippen LogP contribution in [-0.4, -0.2) is 27.9 Å². The number of rotatable bonds is 3. The first-order valence-electron chi connectivity index (χ1n) is 8.66. The zero-order valence-electron chi connectivity index (χ0n) is 14.1. The van der Waals surface area contributed by atoms with Gasteiger partial charge in [-0.25, -0.2) is 8.78 Å². The molecule has 0 atom stereocenters. The monoisotopic (exact) mass is 342 g/mol. The molecule has 4 rings (SSSR count). The van der Waals surface area contributed by atoms with E-state index in [1.165, 1.54) is 11.6 Å². The number of halogens is 2. The summed E-state index contributed by atoms with van der Waals surface area (Å²) < 4.78 is 29.6. The van der Waals surface area contributed by atoms with E-state index in [-0.39, 0.29) is 5.52 Å². The van der Waals surface area contributed by atoms with E-state index in [0.717, 1.165) is 44.2 Å². The lowest BCUT2D eigenvalue weighted by molar-refractivity contribution is 0.505. The second kappa shape index (κ2) is 6.43. The van der Waals surface area contributed by atoms with Crippen molar-refractivity contribution in [2.75, 3.05) is 18.0 Å². The molecule has 0 amide bonds. The molecule has 25 heavy (non-hydrogen) atoms. The molecule has 3 heterocycles. The Hall–Kier alpha value is -2.50. The van der Waals surface area contributed by atoms with Gasteiger partial charge in [0.25, 0.3) is 0 Å². The first-order chi connectivity index (χ1) is 12.2. The molecule has 0 aliphatic carbocycles. The Morgan fingerprint density at radius 2 is 2.00 bits per heavy atom. The number of hydrogen-bond donors (Lipinski definition) is 0. The average Bonchev–Trinajstić information content (AvgIpc) is 3.10. The highest BCUT2D eigenvalue weighted by molar-refractivity contribution is 5.92. The molecule has 0 N–H and O–H groups in total. The highest BCUT2D eigenvalue weighted by Gasteiger charge is 2.23. The minimum absolute atomic E-state index is 0.227.